The molecule has 3 atom stereocenters. The lowest BCUT2D eigenvalue weighted by molar-refractivity contribution is 0.505. The van der Waals surface area contributed by atoms with Crippen LogP contribution < -0.4 is 5.32 Å². The van der Waals surface area contributed by atoms with Gasteiger partial charge in [-0.05, 0) is 48.6 Å². The summed E-state index contributed by atoms with van der Waals surface area (Å²) in [5.41, 5.74) is 3.35. The van der Waals surface area contributed by atoms with E-state index in [0.717, 1.165) is 16.1 Å². The van der Waals surface area contributed by atoms with E-state index in [4.69, 9.17) is 23.2 Å². The fourth-order valence-corrected chi connectivity index (χ4v) is 4.03. The van der Waals surface area contributed by atoms with Gasteiger partial charge in [-0.1, -0.05) is 35.3 Å². The highest BCUT2D eigenvalue weighted by atomic mass is 35.5. The number of hydrogen-bond donors (Lipinski definition) is 1. The van der Waals surface area contributed by atoms with Crippen LogP contribution in [-0.2, 0) is 0 Å². The van der Waals surface area contributed by atoms with Gasteiger partial charge in [0.15, 0.2) is 0 Å². The molecule has 0 unspecified atom stereocenters. The smallest absolute Gasteiger partial charge is 0.136 e. The zero-order valence-electron chi connectivity index (χ0n) is 11.5. The zero-order chi connectivity index (χ0) is 14.4. The van der Waals surface area contributed by atoms with Crippen molar-refractivity contribution in [3.8, 4) is 11.1 Å². The van der Waals surface area contributed by atoms with Crippen LogP contribution in [0.4, 0.5) is 0 Å². The lowest BCUT2D eigenvalue weighted by atomic mass is 9.84. The van der Waals surface area contributed by atoms with E-state index in [0.29, 0.717) is 23.2 Å². The molecule has 2 aliphatic heterocycles. The topological polar surface area (TPSA) is 24.9 Å². The van der Waals surface area contributed by atoms with Crippen molar-refractivity contribution in [1.29, 1.82) is 0 Å². The molecule has 3 heterocycles. The van der Waals surface area contributed by atoms with E-state index in [2.05, 4.69) is 16.4 Å². The van der Waals surface area contributed by atoms with E-state index >= 15 is 0 Å². The summed E-state index contributed by atoms with van der Waals surface area (Å²) >= 11 is 12.3. The molecule has 2 bridgehead atoms. The number of fused-ring (bicyclic) bond motifs is 2. The molecule has 4 heteroatoms. The number of nitrogens with one attached hydrogen (secondary N) is 1. The van der Waals surface area contributed by atoms with Gasteiger partial charge in [0.2, 0.25) is 0 Å². The van der Waals surface area contributed by atoms with Gasteiger partial charge in [0, 0.05) is 34.8 Å². The Labute approximate surface area is 134 Å². The minimum atomic E-state index is 0.553. The van der Waals surface area contributed by atoms with E-state index in [1.54, 1.807) is 0 Å². The molecular weight excluding hydrogens is 303 g/mol. The molecule has 0 saturated carbocycles. The molecule has 0 radical (unpaired) electrons. The first-order chi connectivity index (χ1) is 10.2. The summed E-state index contributed by atoms with van der Waals surface area (Å²) in [5.74, 6) is 0.569. The van der Waals surface area contributed by atoms with Gasteiger partial charge < -0.3 is 5.32 Å². The van der Waals surface area contributed by atoms with E-state index in [9.17, 15) is 0 Å². The number of hydrogen-bond acceptors (Lipinski definition) is 2. The van der Waals surface area contributed by atoms with Gasteiger partial charge in [0.25, 0.3) is 0 Å². The maximum atomic E-state index is 6.30. The summed E-state index contributed by atoms with van der Waals surface area (Å²) in [4.78, 5) is 4.41. The second-order valence-electron chi connectivity index (χ2n) is 6.00. The Balaban J connectivity index is 1.71. The lowest BCUT2D eigenvalue weighted by Crippen LogP contribution is -2.21. The first-order valence-corrected chi connectivity index (χ1v) is 8.14. The monoisotopic (exact) mass is 318 g/mol. The molecule has 4 rings (SSSR count). The normalized spacial score (nSPS) is 27.2. The van der Waals surface area contributed by atoms with Gasteiger partial charge in [-0.2, -0.15) is 0 Å². The van der Waals surface area contributed by atoms with Gasteiger partial charge in [0.1, 0.15) is 5.15 Å². The van der Waals surface area contributed by atoms with Crippen molar-refractivity contribution in [3.05, 3.63) is 52.3 Å². The highest BCUT2D eigenvalue weighted by Gasteiger charge is 2.39. The van der Waals surface area contributed by atoms with Crippen LogP contribution in [0.1, 0.15) is 30.7 Å². The molecule has 108 valence electrons. The number of rotatable bonds is 2. The minimum absolute atomic E-state index is 0.553. The van der Waals surface area contributed by atoms with Gasteiger partial charge in [-0.3, -0.25) is 0 Å². The number of nitrogens with zero attached hydrogens (tertiary/aromatic N) is 1. The molecule has 1 aromatic heterocycles. The van der Waals surface area contributed by atoms with Crippen LogP contribution in [0, 0.1) is 0 Å². The number of halogens is 2. The third-order valence-electron chi connectivity index (χ3n) is 4.74. The van der Waals surface area contributed by atoms with Crippen LogP contribution in [0.2, 0.25) is 10.2 Å². The van der Waals surface area contributed by atoms with Crippen molar-refractivity contribution in [3.63, 3.8) is 0 Å². The molecular formula is C17H16Cl2N2. The molecule has 1 N–H and O–H groups in total. The molecule has 21 heavy (non-hydrogen) atoms. The Morgan fingerprint density at radius 3 is 2.57 bits per heavy atom. The fraction of sp³-hybridized carbons (Fsp3) is 0.353. The number of aromatic nitrogens is 1. The van der Waals surface area contributed by atoms with Crippen LogP contribution in [0.25, 0.3) is 11.1 Å². The zero-order valence-corrected chi connectivity index (χ0v) is 13.0. The van der Waals surface area contributed by atoms with E-state index in [-0.39, 0.29) is 0 Å². The summed E-state index contributed by atoms with van der Waals surface area (Å²) < 4.78 is 0. The average molecular weight is 319 g/mol. The van der Waals surface area contributed by atoms with Crippen molar-refractivity contribution in [2.24, 2.45) is 0 Å². The highest BCUT2D eigenvalue weighted by molar-refractivity contribution is 6.32. The Hall–Kier alpha value is -1.09. The average Bonchev–Trinajstić information content (AvgIpc) is 3.12. The highest BCUT2D eigenvalue weighted by Crippen LogP contribution is 2.41. The second-order valence-corrected chi connectivity index (χ2v) is 6.80. The first-order valence-electron chi connectivity index (χ1n) is 7.38. The van der Waals surface area contributed by atoms with Crippen LogP contribution >= 0.6 is 23.2 Å². The Bertz CT molecular complexity index is 669. The Morgan fingerprint density at radius 1 is 1.10 bits per heavy atom. The largest absolute Gasteiger partial charge is 0.311 e. The van der Waals surface area contributed by atoms with Gasteiger partial charge in [0.05, 0.1) is 0 Å². The Kier molecular flexibility index (Phi) is 3.41. The molecule has 2 fully saturated rings. The SMILES string of the molecule is Clc1ccc(-c2cc([C@H]3C[C@@H]4CC[C@H]3N4)cnc2Cl)cc1. The molecule has 0 spiro atoms. The molecule has 2 saturated heterocycles. The van der Waals surface area contributed by atoms with Crippen molar-refractivity contribution < 1.29 is 0 Å². The first kappa shape index (κ1) is 13.6. The van der Waals surface area contributed by atoms with Crippen molar-refractivity contribution in [2.75, 3.05) is 0 Å². The predicted octanol–water partition coefficient (Wildman–Crippen LogP) is 4.66. The van der Waals surface area contributed by atoms with Gasteiger partial charge in [-0.15, -0.1) is 0 Å². The minimum Gasteiger partial charge on any atom is -0.311 e. The Morgan fingerprint density at radius 2 is 1.90 bits per heavy atom. The van der Waals surface area contributed by atoms with Crippen molar-refractivity contribution in [2.45, 2.75) is 37.3 Å². The molecule has 1 aromatic carbocycles. The third-order valence-corrected chi connectivity index (χ3v) is 5.30. The second kappa shape index (κ2) is 5.28. The standard InChI is InChI=1S/C17H16Cl2N2/c18-12-3-1-10(2-4-12)15-7-11(9-20-17(15)19)14-8-13-5-6-16(14)21-13/h1-4,7,9,13-14,16,21H,5-6,8H2/t13-,14+,16+/m0/s1. The summed E-state index contributed by atoms with van der Waals surface area (Å²) in [5, 5.41) is 4.97. The molecule has 0 aliphatic carbocycles. The summed E-state index contributed by atoms with van der Waals surface area (Å²) in [7, 11) is 0. The maximum absolute atomic E-state index is 6.30. The van der Waals surface area contributed by atoms with Crippen LogP contribution in [-0.4, -0.2) is 17.1 Å². The number of pyridine rings is 1. The van der Waals surface area contributed by atoms with E-state index < -0.39 is 0 Å². The quantitative estimate of drug-likeness (QED) is 0.814. The summed E-state index contributed by atoms with van der Waals surface area (Å²) in [6.45, 7) is 0. The molecule has 2 aromatic rings. The predicted molar refractivity (Wildman–Crippen MR) is 87.0 cm³/mol. The molecule has 2 nitrogen and oxygen atoms in total. The number of benzene rings is 1. The van der Waals surface area contributed by atoms with Crippen LogP contribution in [0.3, 0.4) is 0 Å². The van der Waals surface area contributed by atoms with Crippen molar-refractivity contribution >= 4 is 23.2 Å². The van der Waals surface area contributed by atoms with Gasteiger partial charge in [-0.25, -0.2) is 4.98 Å². The van der Waals surface area contributed by atoms with E-state index in [1.807, 2.05) is 30.5 Å². The maximum Gasteiger partial charge on any atom is 0.136 e. The van der Waals surface area contributed by atoms with Crippen LogP contribution in [0.15, 0.2) is 36.5 Å². The van der Waals surface area contributed by atoms with Crippen molar-refractivity contribution in [1.82, 2.24) is 10.3 Å². The summed E-state index contributed by atoms with van der Waals surface area (Å²) in [6.07, 6.45) is 5.74. The van der Waals surface area contributed by atoms with Crippen LogP contribution in [0.5, 0.6) is 0 Å². The summed E-state index contributed by atoms with van der Waals surface area (Å²) in [6, 6.07) is 11.3. The molecule has 0 amide bonds. The van der Waals surface area contributed by atoms with Gasteiger partial charge >= 0.3 is 0 Å². The molecule has 2 aliphatic rings. The third kappa shape index (κ3) is 2.46. The van der Waals surface area contributed by atoms with E-state index in [1.165, 1.54) is 24.8 Å². The lowest BCUT2D eigenvalue weighted by Gasteiger charge is -2.21. The fourth-order valence-electron chi connectivity index (χ4n) is 3.69.